The van der Waals surface area contributed by atoms with E-state index in [1.54, 1.807) is 14.2 Å². The Balaban J connectivity index is 3.38. The van der Waals surface area contributed by atoms with E-state index in [9.17, 15) is 0 Å². The summed E-state index contributed by atoms with van der Waals surface area (Å²) < 4.78 is 9.62. The second-order valence-corrected chi connectivity index (χ2v) is 2.24. The summed E-state index contributed by atoms with van der Waals surface area (Å²) in [5, 5.41) is 0. The molecule has 0 aliphatic rings. The van der Waals surface area contributed by atoms with Crippen LogP contribution in [0.15, 0.2) is 0 Å². The smallest absolute Gasteiger partial charge is 0.0629 e. The SMILES string of the molecule is COC[C@@H](N)[C@H](N)COC. The van der Waals surface area contributed by atoms with Gasteiger partial charge in [0.1, 0.15) is 0 Å². The van der Waals surface area contributed by atoms with E-state index in [4.69, 9.17) is 20.9 Å². The molecule has 0 aromatic rings. The Bertz CT molecular complexity index is 70.1. The fraction of sp³-hybridized carbons (Fsp3) is 1.00. The minimum absolute atomic E-state index is 0.134. The predicted molar refractivity (Wildman–Crippen MR) is 39.7 cm³/mol. The van der Waals surface area contributed by atoms with Crippen molar-refractivity contribution in [1.82, 2.24) is 0 Å². The van der Waals surface area contributed by atoms with E-state index < -0.39 is 0 Å². The number of nitrogens with two attached hydrogens (primary N) is 2. The van der Waals surface area contributed by atoms with Crippen LogP contribution in [-0.4, -0.2) is 39.5 Å². The van der Waals surface area contributed by atoms with Crippen LogP contribution in [0, 0.1) is 0 Å². The molecule has 4 N–H and O–H groups in total. The summed E-state index contributed by atoms with van der Waals surface area (Å²) in [6.07, 6.45) is 0. The van der Waals surface area contributed by atoms with Crippen molar-refractivity contribution in [3.05, 3.63) is 0 Å². The zero-order valence-electron chi connectivity index (χ0n) is 6.54. The van der Waals surface area contributed by atoms with Crippen molar-refractivity contribution in [2.24, 2.45) is 11.5 Å². The maximum Gasteiger partial charge on any atom is 0.0629 e. The molecule has 0 unspecified atom stereocenters. The number of rotatable bonds is 5. The van der Waals surface area contributed by atoms with E-state index in [1.165, 1.54) is 0 Å². The van der Waals surface area contributed by atoms with Gasteiger partial charge in [-0.05, 0) is 0 Å². The second-order valence-electron chi connectivity index (χ2n) is 2.24. The maximum atomic E-state index is 5.58. The maximum absolute atomic E-state index is 5.58. The van der Waals surface area contributed by atoms with Crippen molar-refractivity contribution < 1.29 is 9.47 Å². The highest BCUT2D eigenvalue weighted by Gasteiger charge is 2.11. The third-order valence-corrected chi connectivity index (χ3v) is 1.27. The van der Waals surface area contributed by atoms with E-state index in [0.717, 1.165) is 0 Å². The largest absolute Gasteiger partial charge is 0.383 e. The van der Waals surface area contributed by atoms with Gasteiger partial charge in [-0.2, -0.15) is 0 Å². The predicted octanol–water partition coefficient (Wildman–Crippen LogP) is -1.07. The molecule has 0 heterocycles. The van der Waals surface area contributed by atoms with Gasteiger partial charge >= 0.3 is 0 Å². The lowest BCUT2D eigenvalue weighted by atomic mass is 10.2. The fourth-order valence-electron chi connectivity index (χ4n) is 0.632. The molecule has 0 aromatic carbocycles. The Morgan fingerprint density at radius 2 is 1.30 bits per heavy atom. The normalized spacial score (nSPS) is 16.8. The Morgan fingerprint density at radius 3 is 1.50 bits per heavy atom. The molecule has 62 valence electrons. The Morgan fingerprint density at radius 1 is 1.00 bits per heavy atom. The summed E-state index contributed by atoms with van der Waals surface area (Å²) >= 11 is 0. The lowest BCUT2D eigenvalue weighted by Gasteiger charge is -2.17. The molecule has 0 rings (SSSR count). The van der Waals surface area contributed by atoms with Gasteiger partial charge in [-0.3, -0.25) is 0 Å². The third-order valence-electron chi connectivity index (χ3n) is 1.27. The van der Waals surface area contributed by atoms with E-state index in [-0.39, 0.29) is 12.1 Å². The molecule has 0 spiro atoms. The van der Waals surface area contributed by atoms with E-state index >= 15 is 0 Å². The molecule has 0 saturated carbocycles. The van der Waals surface area contributed by atoms with Gasteiger partial charge in [-0.25, -0.2) is 0 Å². The summed E-state index contributed by atoms with van der Waals surface area (Å²) in [6.45, 7) is 0.953. The first-order valence-corrected chi connectivity index (χ1v) is 3.21. The minimum atomic E-state index is -0.134. The van der Waals surface area contributed by atoms with Crippen LogP contribution in [0.4, 0.5) is 0 Å². The van der Waals surface area contributed by atoms with E-state index in [2.05, 4.69) is 0 Å². The highest BCUT2D eigenvalue weighted by atomic mass is 16.5. The number of ether oxygens (including phenoxy) is 2. The molecule has 0 fully saturated rings. The first-order chi connectivity index (χ1) is 4.72. The number of hydrogen-bond acceptors (Lipinski definition) is 4. The molecule has 0 aliphatic carbocycles. The Labute approximate surface area is 61.5 Å². The minimum Gasteiger partial charge on any atom is -0.383 e. The zero-order chi connectivity index (χ0) is 7.98. The molecule has 0 bridgehead atoms. The molecule has 0 aromatic heterocycles. The summed E-state index contributed by atoms with van der Waals surface area (Å²) in [6, 6.07) is -0.269. The van der Waals surface area contributed by atoms with Crippen LogP contribution in [0.25, 0.3) is 0 Å². The molecule has 0 amide bonds. The number of methoxy groups -OCH3 is 2. The van der Waals surface area contributed by atoms with Gasteiger partial charge in [0.25, 0.3) is 0 Å². The average molecular weight is 148 g/mol. The van der Waals surface area contributed by atoms with Gasteiger partial charge in [0.05, 0.1) is 13.2 Å². The first-order valence-electron chi connectivity index (χ1n) is 3.21. The lowest BCUT2D eigenvalue weighted by Crippen LogP contribution is -2.47. The topological polar surface area (TPSA) is 70.5 Å². The van der Waals surface area contributed by atoms with Crippen molar-refractivity contribution in [3.8, 4) is 0 Å². The van der Waals surface area contributed by atoms with Crippen LogP contribution in [-0.2, 0) is 9.47 Å². The highest BCUT2D eigenvalue weighted by Crippen LogP contribution is 1.87. The van der Waals surface area contributed by atoms with Gasteiger partial charge in [0.2, 0.25) is 0 Å². The number of hydrogen-bond donors (Lipinski definition) is 2. The standard InChI is InChI=1S/C6H16N2O2/c1-9-3-5(7)6(8)4-10-2/h5-6H,3-4,7-8H2,1-2H3/t5-,6-/m1/s1. The summed E-state index contributed by atoms with van der Waals surface area (Å²) in [4.78, 5) is 0. The van der Waals surface area contributed by atoms with Crippen LogP contribution >= 0.6 is 0 Å². The van der Waals surface area contributed by atoms with Crippen LogP contribution in [0.1, 0.15) is 0 Å². The average Bonchev–Trinajstić information content (AvgIpc) is 1.89. The van der Waals surface area contributed by atoms with Gasteiger partial charge < -0.3 is 20.9 Å². The molecule has 2 atom stereocenters. The van der Waals surface area contributed by atoms with E-state index in [1.807, 2.05) is 0 Å². The van der Waals surface area contributed by atoms with Crippen molar-refractivity contribution in [3.63, 3.8) is 0 Å². The van der Waals surface area contributed by atoms with Crippen molar-refractivity contribution >= 4 is 0 Å². The van der Waals surface area contributed by atoms with Gasteiger partial charge in [0.15, 0.2) is 0 Å². The van der Waals surface area contributed by atoms with Crippen molar-refractivity contribution in [1.29, 1.82) is 0 Å². The Kier molecular flexibility index (Phi) is 5.52. The quantitative estimate of drug-likeness (QED) is 0.521. The van der Waals surface area contributed by atoms with Crippen molar-refractivity contribution in [2.45, 2.75) is 12.1 Å². The van der Waals surface area contributed by atoms with Crippen LogP contribution in [0.3, 0.4) is 0 Å². The summed E-state index contributed by atoms with van der Waals surface area (Å²) in [5.41, 5.74) is 11.2. The first kappa shape index (κ1) is 9.84. The van der Waals surface area contributed by atoms with Crippen LogP contribution in [0.2, 0.25) is 0 Å². The van der Waals surface area contributed by atoms with Gasteiger partial charge in [-0.1, -0.05) is 0 Å². The molecule has 0 aliphatic heterocycles. The second kappa shape index (κ2) is 5.61. The van der Waals surface area contributed by atoms with Gasteiger partial charge in [-0.15, -0.1) is 0 Å². The van der Waals surface area contributed by atoms with Crippen LogP contribution in [0.5, 0.6) is 0 Å². The summed E-state index contributed by atoms with van der Waals surface area (Å²) in [5.74, 6) is 0. The zero-order valence-corrected chi connectivity index (χ0v) is 6.54. The molecule has 4 heteroatoms. The monoisotopic (exact) mass is 148 g/mol. The van der Waals surface area contributed by atoms with Crippen LogP contribution < -0.4 is 11.5 Å². The molecule has 4 nitrogen and oxygen atoms in total. The molecule has 0 saturated heterocycles. The lowest BCUT2D eigenvalue weighted by molar-refractivity contribution is 0.130. The Hall–Kier alpha value is -0.160. The third kappa shape index (κ3) is 3.79. The highest BCUT2D eigenvalue weighted by molar-refractivity contribution is 4.74. The molecular formula is C6H16N2O2. The van der Waals surface area contributed by atoms with Gasteiger partial charge in [0, 0.05) is 26.3 Å². The van der Waals surface area contributed by atoms with Crippen molar-refractivity contribution in [2.75, 3.05) is 27.4 Å². The summed E-state index contributed by atoms with van der Waals surface area (Å²) in [7, 11) is 3.19. The molecular weight excluding hydrogens is 132 g/mol. The molecule has 10 heavy (non-hydrogen) atoms. The fourth-order valence-corrected chi connectivity index (χ4v) is 0.632. The molecule has 0 radical (unpaired) electrons. The van der Waals surface area contributed by atoms with E-state index in [0.29, 0.717) is 13.2 Å².